The maximum atomic E-state index is 13.4. The zero-order valence-electron chi connectivity index (χ0n) is 16.2. The number of benzene rings is 2. The van der Waals surface area contributed by atoms with Gasteiger partial charge in [0, 0.05) is 12.1 Å². The second kappa shape index (κ2) is 7.41. The molecule has 1 aliphatic heterocycles. The van der Waals surface area contributed by atoms with E-state index in [4.69, 9.17) is 9.97 Å². The lowest BCUT2D eigenvalue weighted by Crippen LogP contribution is -2.31. The van der Waals surface area contributed by atoms with Crippen LogP contribution in [0.2, 0.25) is 0 Å². The molecule has 1 fully saturated rings. The van der Waals surface area contributed by atoms with Crippen LogP contribution in [0.1, 0.15) is 39.9 Å². The molecule has 5 rings (SSSR count). The summed E-state index contributed by atoms with van der Waals surface area (Å²) in [4.78, 5) is 24.9. The number of carbonyl (C=O) groups excluding carboxylic acids is 1. The van der Waals surface area contributed by atoms with Crippen molar-refractivity contribution in [1.82, 2.24) is 14.9 Å². The lowest BCUT2D eigenvalue weighted by atomic mass is 10.1. The first-order chi connectivity index (χ1) is 14.2. The lowest BCUT2D eigenvalue weighted by Gasteiger charge is -2.24. The summed E-state index contributed by atoms with van der Waals surface area (Å²) in [6, 6.07) is 22.1. The molecular formula is C24H21N3OS. The van der Waals surface area contributed by atoms with Crippen LogP contribution in [0.3, 0.4) is 0 Å². The normalized spacial score (nSPS) is 16.4. The molecule has 1 atom stereocenters. The van der Waals surface area contributed by atoms with Crippen molar-refractivity contribution in [3.8, 4) is 11.3 Å². The molecule has 2 aromatic carbocycles. The van der Waals surface area contributed by atoms with Gasteiger partial charge in [-0.2, -0.15) is 0 Å². The van der Waals surface area contributed by atoms with Crippen molar-refractivity contribution < 1.29 is 4.79 Å². The number of para-hydroxylation sites is 1. The summed E-state index contributed by atoms with van der Waals surface area (Å²) in [5.74, 6) is 0.0522. The molecule has 2 aromatic heterocycles. The standard InChI is InChI=1S/C24H21N3OS/c1-16-18(13-14-19(25-16)17-8-3-2-4-9-17)24(28)27-15-7-11-21(27)23-26-20-10-5-6-12-22(20)29-23/h2-6,8-10,12-14,21H,7,11,15H2,1H3. The fraction of sp³-hybridized carbons (Fsp3) is 0.208. The summed E-state index contributed by atoms with van der Waals surface area (Å²) in [6.07, 6.45) is 1.96. The van der Waals surface area contributed by atoms with Crippen molar-refractivity contribution in [3.05, 3.63) is 83.0 Å². The van der Waals surface area contributed by atoms with Crippen LogP contribution in [0.4, 0.5) is 0 Å². The molecule has 0 spiro atoms. The smallest absolute Gasteiger partial charge is 0.256 e. The number of nitrogens with zero attached hydrogens (tertiary/aromatic N) is 3. The number of aryl methyl sites for hydroxylation is 1. The van der Waals surface area contributed by atoms with Crippen molar-refractivity contribution >= 4 is 27.5 Å². The zero-order valence-corrected chi connectivity index (χ0v) is 17.0. The molecule has 1 saturated heterocycles. The quantitative estimate of drug-likeness (QED) is 0.448. The number of pyridine rings is 1. The van der Waals surface area contributed by atoms with Crippen LogP contribution in [-0.4, -0.2) is 27.3 Å². The predicted octanol–water partition coefficient (Wildman–Crippen LogP) is 5.64. The minimum absolute atomic E-state index is 0.0492. The molecule has 1 unspecified atom stereocenters. The number of rotatable bonds is 3. The van der Waals surface area contributed by atoms with Crippen LogP contribution < -0.4 is 0 Å². The van der Waals surface area contributed by atoms with Gasteiger partial charge in [0.25, 0.3) is 5.91 Å². The molecule has 4 nitrogen and oxygen atoms in total. The van der Waals surface area contributed by atoms with Gasteiger partial charge in [-0.05, 0) is 44.0 Å². The van der Waals surface area contributed by atoms with Crippen molar-refractivity contribution in [2.24, 2.45) is 0 Å². The lowest BCUT2D eigenvalue weighted by molar-refractivity contribution is 0.0734. The Morgan fingerprint density at radius 1 is 1.00 bits per heavy atom. The number of hydrogen-bond donors (Lipinski definition) is 0. The molecule has 0 radical (unpaired) electrons. The summed E-state index contributed by atoms with van der Waals surface area (Å²) in [6.45, 7) is 2.68. The van der Waals surface area contributed by atoms with Crippen molar-refractivity contribution in [2.75, 3.05) is 6.54 Å². The molecule has 5 heteroatoms. The van der Waals surface area contributed by atoms with Gasteiger partial charge in [0.2, 0.25) is 0 Å². The van der Waals surface area contributed by atoms with Gasteiger partial charge in [0.05, 0.1) is 33.2 Å². The number of hydrogen-bond acceptors (Lipinski definition) is 4. The number of carbonyl (C=O) groups is 1. The topological polar surface area (TPSA) is 46.1 Å². The predicted molar refractivity (Wildman–Crippen MR) is 117 cm³/mol. The van der Waals surface area contributed by atoms with Crippen LogP contribution in [0.5, 0.6) is 0 Å². The highest BCUT2D eigenvalue weighted by Gasteiger charge is 2.33. The Balaban J connectivity index is 1.45. The Bertz CT molecular complexity index is 1150. The number of likely N-dealkylation sites (tertiary alicyclic amines) is 1. The summed E-state index contributed by atoms with van der Waals surface area (Å²) in [7, 11) is 0. The Morgan fingerprint density at radius 2 is 1.79 bits per heavy atom. The van der Waals surface area contributed by atoms with Gasteiger partial charge >= 0.3 is 0 Å². The molecule has 0 N–H and O–H groups in total. The van der Waals surface area contributed by atoms with E-state index in [2.05, 4.69) is 6.07 Å². The fourth-order valence-corrected chi connectivity index (χ4v) is 5.13. The number of aromatic nitrogens is 2. The van der Waals surface area contributed by atoms with Crippen LogP contribution in [0, 0.1) is 6.92 Å². The maximum Gasteiger partial charge on any atom is 0.256 e. The summed E-state index contributed by atoms with van der Waals surface area (Å²) >= 11 is 1.69. The minimum atomic E-state index is 0.0492. The third-order valence-electron chi connectivity index (χ3n) is 5.49. The Kier molecular flexibility index (Phi) is 4.60. The molecule has 0 aliphatic carbocycles. The number of amides is 1. The van der Waals surface area contributed by atoms with E-state index in [9.17, 15) is 4.79 Å². The summed E-state index contributed by atoms with van der Waals surface area (Å²) in [5.41, 5.74) is 4.41. The summed E-state index contributed by atoms with van der Waals surface area (Å²) in [5, 5.41) is 1.03. The van der Waals surface area contributed by atoms with E-state index in [1.165, 1.54) is 4.70 Å². The van der Waals surface area contributed by atoms with E-state index >= 15 is 0 Å². The van der Waals surface area contributed by atoms with Crippen LogP contribution in [-0.2, 0) is 0 Å². The van der Waals surface area contributed by atoms with Gasteiger partial charge in [-0.25, -0.2) is 4.98 Å². The van der Waals surface area contributed by atoms with Crippen molar-refractivity contribution in [1.29, 1.82) is 0 Å². The van der Waals surface area contributed by atoms with Gasteiger partial charge in [-0.3, -0.25) is 9.78 Å². The Hall–Kier alpha value is -3.05. The first kappa shape index (κ1) is 18.0. The van der Waals surface area contributed by atoms with Gasteiger partial charge in [0.1, 0.15) is 5.01 Å². The molecule has 0 saturated carbocycles. The monoisotopic (exact) mass is 399 g/mol. The van der Waals surface area contributed by atoms with Crippen molar-refractivity contribution in [2.45, 2.75) is 25.8 Å². The van der Waals surface area contributed by atoms with E-state index in [0.29, 0.717) is 5.56 Å². The highest BCUT2D eigenvalue weighted by Crippen LogP contribution is 2.37. The molecule has 1 aliphatic rings. The molecule has 144 valence electrons. The Labute approximate surface area is 173 Å². The van der Waals surface area contributed by atoms with Crippen molar-refractivity contribution in [3.63, 3.8) is 0 Å². The Morgan fingerprint density at radius 3 is 2.59 bits per heavy atom. The minimum Gasteiger partial charge on any atom is -0.329 e. The molecule has 4 aromatic rings. The second-order valence-corrected chi connectivity index (χ2v) is 8.43. The first-order valence-corrected chi connectivity index (χ1v) is 10.7. The average molecular weight is 400 g/mol. The first-order valence-electron chi connectivity index (χ1n) is 9.90. The zero-order chi connectivity index (χ0) is 19.8. The van der Waals surface area contributed by atoms with E-state index in [1.54, 1.807) is 11.3 Å². The second-order valence-electron chi connectivity index (χ2n) is 7.37. The van der Waals surface area contributed by atoms with E-state index in [0.717, 1.165) is 46.9 Å². The van der Waals surface area contributed by atoms with E-state index < -0.39 is 0 Å². The van der Waals surface area contributed by atoms with Gasteiger partial charge in [-0.15, -0.1) is 11.3 Å². The third kappa shape index (κ3) is 3.32. The maximum absolute atomic E-state index is 13.4. The molecule has 29 heavy (non-hydrogen) atoms. The van der Waals surface area contributed by atoms with Crippen LogP contribution in [0.15, 0.2) is 66.7 Å². The SMILES string of the molecule is Cc1nc(-c2ccccc2)ccc1C(=O)N1CCCC1c1nc2ccccc2s1. The molecular weight excluding hydrogens is 378 g/mol. The van der Waals surface area contributed by atoms with E-state index in [-0.39, 0.29) is 11.9 Å². The third-order valence-corrected chi connectivity index (χ3v) is 6.63. The molecule has 3 heterocycles. The van der Waals surface area contributed by atoms with Crippen LogP contribution >= 0.6 is 11.3 Å². The van der Waals surface area contributed by atoms with Gasteiger partial charge < -0.3 is 4.90 Å². The highest BCUT2D eigenvalue weighted by atomic mass is 32.1. The highest BCUT2D eigenvalue weighted by molar-refractivity contribution is 7.18. The fourth-order valence-electron chi connectivity index (χ4n) is 4.01. The molecule has 0 bridgehead atoms. The number of fused-ring (bicyclic) bond motifs is 1. The van der Waals surface area contributed by atoms with Gasteiger partial charge in [0.15, 0.2) is 0 Å². The average Bonchev–Trinajstić information content (AvgIpc) is 3.40. The van der Waals surface area contributed by atoms with Crippen LogP contribution in [0.25, 0.3) is 21.5 Å². The number of thiazole rings is 1. The largest absolute Gasteiger partial charge is 0.329 e. The van der Waals surface area contributed by atoms with E-state index in [1.807, 2.05) is 72.5 Å². The van der Waals surface area contributed by atoms with Gasteiger partial charge in [-0.1, -0.05) is 42.5 Å². The summed E-state index contributed by atoms with van der Waals surface area (Å²) < 4.78 is 1.17. The molecule has 1 amide bonds.